The molecule has 108 valence electrons. The van der Waals surface area contributed by atoms with Gasteiger partial charge in [-0.2, -0.15) is 5.10 Å². The van der Waals surface area contributed by atoms with Gasteiger partial charge in [0.05, 0.1) is 17.4 Å². The molecule has 0 radical (unpaired) electrons. The molecule has 1 atom stereocenters. The summed E-state index contributed by atoms with van der Waals surface area (Å²) in [7, 11) is 0. The summed E-state index contributed by atoms with van der Waals surface area (Å²) in [4.78, 5) is 0. The molecule has 3 nitrogen and oxygen atoms in total. The van der Waals surface area contributed by atoms with Gasteiger partial charge >= 0.3 is 0 Å². The van der Waals surface area contributed by atoms with Crippen molar-refractivity contribution in [3.05, 3.63) is 17.5 Å². The van der Waals surface area contributed by atoms with Crippen LogP contribution in [0, 0.1) is 5.92 Å². The summed E-state index contributed by atoms with van der Waals surface area (Å²) in [6, 6.07) is 2.84. The Labute approximate surface area is 117 Å². The van der Waals surface area contributed by atoms with Gasteiger partial charge in [-0.05, 0) is 51.1 Å². The van der Waals surface area contributed by atoms with Crippen molar-refractivity contribution < 1.29 is 0 Å². The summed E-state index contributed by atoms with van der Waals surface area (Å²) in [5, 5.41) is 8.50. The highest BCUT2D eigenvalue weighted by molar-refractivity contribution is 5.16. The fourth-order valence-electron chi connectivity index (χ4n) is 3.27. The lowest BCUT2D eigenvalue weighted by molar-refractivity contribution is 0.347. The maximum absolute atomic E-state index is 4.72. The quantitative estimate of drug-likeness (QED) is 0.813. The van der Waals surface area contributed by atoms with Crippen LogP contribution in [0.15, 0.2) is 6.07 Å². The zero-order valence-corrected chi connectivity index (χ0v) is 12.8. The van der Waals surface area contributed by atoms with E-state index in [1.165, 1.54) is 43.5 Å². The Morgan fingerprint density at radius 1 is 1.32 bits per heavy atom. The van der Waals surface area contributed by atoms with E-state index in [4.69, 9.17) is 5.10 Å². The highest BCUT2D eigenvalue weighted by Gasteiger charge is 2.28. The Kier molecular flexibility index (Phi) is 5.44. The van der Waals surface area contributed by atoms with Crippen molar-refractivity contribution in [3.63, 3.8) is 0 Å². The smallest absolute Gasteiger partial charge is 0.0625 e. The van der Waals surface area contributed by atoms with Crippen LogP contribution in [0.2, 0.25) is 0 Å². The van der Waals surface area contributed by atoms with Gasteiger partial charge in [0.1, 0.15) is 0 Å². The Morgan fingerprint density at radius 2 is 2.05 bits per heavy atom. The molecule has 0 saturated heterocycles. The second-order valence-corrected chi connectivity index (χ2v) is 5.71. The number of rotatable bonds is 7. The van der Waals surface area contributed by atoms with Crippen LogP contribution in [0.3, 0.4) is 0 Å². The second kappa shape index (κ2) is 7.09. The summed E-state index contributed by atoms with van der Waals surface area (Å²) < 4.78 is 2.21. The van der Waals surface area contributed by atoms with Crippen LogP contribution in [0.25, 0.3) is 0 Å². The third-order valence-corrected chi connectivity index (χ3v) is 4.33. The minimum Gasteiger partial charge on any atom is -0.308 e. The van der Waals surface area contributed by atoms with Gasteiger partial charge in [-0.3, -0.25) is 4.68 Å². The average Bonchev–Trinajstić information content (AvgIpc) is 3.08. The number of nitrogens with one attached hydrogen (secondary N) is 1. The van der Waals surface area contributed by atoms with Gasteiger partial charge in [0.2, 0.25) is 0 Å². The first-order valence-corrected chi connectivity index (χ1v) is 8.10. The molecule has 1 aromatic rings. The Bertz CT molecular complexity index is 377. The molecule has 3 heteroatoms. The molecule has 0 amide bonds. The summed E-state index contributed by atoms with van der Waals surface area (Å²) in [6.07, 6.45) is 7.77. The molecule has 0 bridgehead atoms. The lowest BCUT2D eigenvalue weighted by Gasteiger charge is -2.25. The highest BCUT2D eigenvalue weighted by Crippen LogP contribution is 2.36. The van der Waals surface area contributed by atoms with Gasteiger partial charge in [-0.1, -0.05) is 26.7 Å². The third-order valence-electron chi connectivity index (χ3n) is 4.33. The molecule has 0 aromatic carbocycles. The van der Waals surface area contributed by atoms with E-state index in [2.05, 4.69) is 36.8 Å². The van der Waals surface area contributed by atoms with Crippen molar-refractivity contribution in [2.24, 2.45) is 5.92 Å². The molecular weight excluding hydrogens is 234 g/mol. The van der Waals surface area contributed by atoms with E-state index in [0.29, 0.717) is 6.04 Å². The van der Waals surface area contributed by atoms with Gasteiger partial charge in [0.25, 0.3) is 0 Å². The molecule has 1 unspecified atom stereocenters. The fraction of sp³-hybridized carbons (Fsp3) is 0.812. The molecule has 19 heavy (non-hydrogen) atoms. The van der Waals surface area contributed by atoms with Crippen molar-refractivity contribution in [2.45, 2.75) is 71.9 Å². The molecule has 0 spiro atoms. The first-order chi connectivity index (χ1) is 9.30. The maximum Gasteiger partial charge on any atom is 0.0625 e. The molecule has 2 rings (SSSR count). The van der Waals surface area contributed by atoms with Crippen LogP contribution in [-0.4, -0.2) is 16.3 Å². The SMILES string of the molecule is CCCNC(c1cc(CC)nn1CC)C1CCCC1. The molecule has 1 saturated carbocycles. The van der Waals surface area contributed by atoms with Crippen molar-refractivity contribution in [2.75, 3.05) is 6.54 Å². The van der Waals surface area contributed by atoms with E-state index in [1.54, 1.807) is 0 Å². The molecule has 1 aliphatic rings. The minimum absolute atomic E-state index is 0.509. The number of hydrogen-bond donors (Lipinski definition) is 1. The molecule has 1 fully saturated rings. The number of hydrogen-bond acceptors (Lipinski definition) is 2. The average molecular weight is 263 g/mol. The number of aryl methyl sites for hydroxylation is 2. The van der Waals surface area contributed by atoms with Gasteiger partial charge in [0, 0.05) is 6.54 Å². The normalized spacial score (nSPS) is 18.1. The van der Waals surface area contributed by atoms with Crippen molar-refractivity contribution >= 4 is 0 Å². The molecular formula is C16H29N3. The molecule has 0 aliphatic heterocycles. The first kappa shape index (κ1) is 14.6. The largest absolute Gasteiger partial charge is 0.308 e. The zero-order chi connectivity index (χ0) is 13.7. The van der Waals surface area contributed by atoms with Crippen LogP contribution in [0.4, 0.5) is 0 Å². The van der Waals surface area contributed by atoms with E-state index >= 15 is 0 Å². The van der Waals surface area contributed by atoms with Gasteiger partial charge < -0.3 is 5.32 Å². The minimum atomic E-state index is 0.509. The van der Waals surface area contributed by atoms with Crippen LogP contribution >= 0.6 is 0 Å². The fourth-order valence-corrected chi connectivity index (χ4v) is 3.27. The predicted molar refractivity (Wildman–Crippen MR) is 80.3 cm³/mol. The van der Waals surface area contributed by atoms with E-state index in [0.717, 1.165) is 25.4 Å². The highest BCUT2D eigenvalue weighted by atomic mass is 15.3. The monoisotopic (exact) mass is 263 g/mol. The number of nitrogens with zero attached hydrogens (tertiary/aromatic N) is 2. The van der Waals surface area contributed by atoms with Crippen LogP contribution in [-0.2, 0) is 13.0 Å². The van der Waals surface area contributed by atoms with E-state index in [1.807, 2.05) is 0 Å². The van der Waals surface area contributed by atoms with E-state index < -0.39 is 0 Å². The lowest BCUT2D eigenvalue weighted by atomic mass is 9.94. The number of aromatic nitrogens is 2. The molecule has 1 heterocycles. The maximum atomic E-state index is 4.72. The van der Waals surface area contributed by atoms with Crippen LogP contribution < -0.4 is 5.32 Å². The third kappa shape index (κ3) is 3.38. The van der Waals surface area contributed by atoms with Crippen molar-refractivity contribution in [1.82, 2.24) is 15.1 Å². The summed E-state index contributed by atoms with van der Waals surface area (Å²) in [5.74, 6) is 0.804. The van der Waals surface area contributed by atoms with E-state index in [9.17, 15) is 0 Å². The topological polar surface area (TPSA) is 29.9 Å². The predicted octanol–water partition coefficient (Wildman–Crippen LogP) is 3.70. The first-order valence-electron chi connectivity index (χ1n) is 8.10. The zero-order valence-electron chi connectivity index (χ0n) is 12.8. The van der Waals surface area contributed by atoms with Gasteiger partial charge in [0.15, 0.2) is 0 Å². The standard InChI is InChI=1S/C16H29N3/c1-4-11-17-16(13-9-7-8-10-13)15-12-14(5-2)18-19(15)6-3/h12-13,16-17H,4-11H2,1-3H3. The molecule has 1 N–H and O–H groups in total. The summed E-state index contributed by atoms with van der Waals surface area (Å²) >= 11 is 0. The second-order valence-electron chi connectivity index (χ2n) is 5.71. The van der Waals surface area contributed by atoms with E-state index in [-0.39, 0.29) is 0 Å². The Balaban J connectivity index is 2.22. The molecule has 1 aromatic heterocycles. The lowest BCUT2D eigenvalue weighted by Crippen LogP contribution is -2.30. The van der Waals surface area contributed by atoms with Crippen LogP contribution in [0.5, 0.6) is 0 Å². The summed E-state index contributed by atoms with van der Waals surface area (Å²) in [5.41, 5.74) is 2.65. The van der Waals surface area contributed by atoms with Crippen molar-refractivity contribution in [1.29, 1.82) is 0 Å². The molecule has 1 aliphatic carbocycles. The Morgan fingerprint density at radius 3 is 2.63 bits per heavy atom. The van der Waals surface area contributed by atoms with Gasteiger partial charge in [-0.15, -0.1) is 0 Å². The van der Waals surface area contributed by atoms with Gasteiger partial charge in [-0.25, -0.2) is 0 Å². The van der Waals surface area contributed by atoms with Crippen molar-refractivity contribution in [3.8, 4) is 0 Å². The summed E-state index contributed by atoms with van der Waals surface area (Å²) in [6.45, 7) is 8.72. The van der Waals surface area contributed by atoms with Crippen LogP contribution in [0.1, 0.15) is 70.3 Å². The Hall–Kier alpha value is -0.830.